The SMILES string of the molecule is COc1ccc(CC(O)c2cc(F)ccc2F)cc1OC. The number of benzene rings is 2. The zero-order chi connectivity index (χ0) is 15.4. The Labute approximate surface area is 121 Å². The molecule has 2 aromatic rings. The van der Waals surface area contributed by atoms with Gasteiger partial charge in [0.2, 0.25) is 0 Å². The third-order valence-corrected chi connectivity index (χ3v) is 3.19. The lowest BCUT2D eigenvalue weighted by atomic mass is 10.0. The number of hydrogen-bond acceptors (Lipinski definition) is 3. The third-order valence-electron chi connectivity index (χ3n) is 3.19. The average molecular weight is 294 g/mol. The second kappa shape index (κ2) is 6.54. The van der Waals surface area contributed by atoms with Gasteiger partial charge in [0.25, 0.3) is 0 Å². The molecule has 5 heteroatoms. The van der Waals surface area contributed by atoms with Crippen LogP contribution in [0.1, 0.15) is 17.2 Å². The molecule has 3 nitrogen and oxygen atoms in total. The molecule has 0 aromatic heterocycles. The first kappa shape index (κ1) is 15.3. The van der Waals surface area contributed by atoms with Crippen LogP contribution in [0.4, 0.5) is 8.78 Å². The molecule has 0 spiro atoms. The van der Waals surface area contributed by atoms with E-state index in [0.717, 1.165) is 23.8 Å². The van der Waals surface area contributed by atoms with Crippen molar-refractivity contribution in [1.82, 2.24) is 0 Å². The number of aliphatic hydroxyl groups excluding tert-OH is 1. The lowest BCUT2D eigenvalue weighted by Crippen LogP contribution is -2.05. The van der Waals surface area contributed by atoms with Gasteiger partial charge < -0.3 is 14.6 Å². The van der Waals surface area contributed by atoms with E-state index in [0.29, 0.717) is 11.5 Å². The molecule has 0 amide bonds. The Morgan fingerprint density at radius 2 is 1.71 bits per heavy atom. The van der Waals surface area contributed by atoms with E-state index in [2.05, 4.69) is 0 Å². The van der Waals surface area contributed by atoms with E-state index in [1.165, 1.54) is 14.2 Å². The van der Waals surface area contributed by atoms with Crippen LogP contribution < -0.4 is 9.47 Å². The van der Waals surface area contributed by atoms with Crippen LogP contribution in [-0.2, 0) is 6.42 Å². The largest absolute Gasteiger partial charge is 0.493 e. The van der Waals surface area contributed by atoms with Gasteiger partial charge in [-0.3, -0.25) is 0 Å². The molecule has 0 heterocycles. The van der Waals surface area contributed by atoms with E-state index < -0.39 is 17.7 Å². The Morgan fingerprint density at radius 1 is 1.00 bits per heavy atom. The Bertz CT molecular complexity index is 629. The van der Waals surface area contributed by atoms with Gasteiger partial charge >= 0.3 is 0 Å². The van der Waals surface area contributed by atoms with Crippen molar-refractivity contribution in [3.8, 4) is 11.5 Å². The van der Waals surface area contributed by atoms with Gasteiger partial charge in [-0.2, -0.15) is 0 Å². The van der Waals surface area contributed by atoms with Gasteiger partial charge in [-0.25, -0.2) is 8.78 Å². The van der Waals surface area contributed by atoms with Crippen LogP contribution in [0, 0.1) is 11.6 Å². The maximum atomic E-state index is 13.6. The fraction of sp³-hybridized carbons (Fsp3) is 0.250. The van der Waals surface area contributed by atoms with Crippen molar-refractivity contribution in [3.63, 3.8) is 0 Å². The molecule has 1 unspecified atom stereocenters. The van der Waals surface area contributed by atoms with Crippen LogP contribution in [0.15, 0.2) is 36.4 Å². The van der Waals surface area contributed by atoms with Crippen molar-refractivity contribution in [1.29, 1.82) is 0 Å². The predicted octanol–water partition coefficient (Wildman–Crippen LogP) is 3.26. The minimum Gasteiger partial charge on any atom is -0.493 e. The smallest absolute Gasteiger partial charge is 0.160 e. The highest BCUT2D eigenvalue weighted by molar-refractivity contribution is 5.43. The van der Waals surface area contributed by atoms with Crippen LogP contribution >= 0.6 is 0 Å². The van der Waals surface area contributed by atoms with E-state index in [4.69, 9.17) is 9.47 Å². The van der Waals surface area contributed by atoms with E-state index >= 15 is 0 Å². The van der Waals surface area contributed by atoms with Gasteiger partial charge in [0, 0.05) is 12.0 Å². The van der Waals surface area contributed by atoms with E-state index in [-0.39, 0.29) is 12.0 Å². The summed E-state index contributed by atoms with van der Waals surface area (Å²) in [5.74, 6) is -0.142. The van der Waals surface area contributed by atoms with Crippen LogP contribution in [-0.4, -0.2) is 19.3 Å². The Hall–Kier alpha value is -2.14. The van der Waals surface area contributed by atoms with Crippen molar-refractivity contribution >= 4 is 0 Å². The molecule has 0 radical (unpaired) electrons. The minimum atomic E-state index is -1.14. The summed E-state index contributed by atoms with van der Waals surface area (Å²) in [4.78, 5) is 0. The molecule has 1 atom stereocenters. The molecule has 0 fully saturated rings. The summed E-state index contributed by atoms with van der Waals surface area (Å²) < 4.78 is 37.0. The van der Waals surface area contributed by atoms with E-state index in [1.54, 1.807) is 18.2 Å². The molecule has 0 aliphatic rings. The number of ether oxygens (including phenoxy) is 2. The molecular formula is C16H16F2O3. The summed E-state index contributed by atoms with van der Waals surface area (Å²) in [7, 11) is 3.03. The summed E-state index contributed by atoms with van der Waals surface area (Å²) in [6.45, 7) is 0. The number of methoxy groups -OCH3 is 2. The molecule has 2 aromatic carbocycles. The van der Waals surface area contributed by atoms with Crippen molar-refractivity contribution in [2.24, 2.45) is 0 Å². The molecule has 21 heavy (non-hydrogen) atoms. The van der Waals surface area contributed by atoms with E-state index in [9.17, 15) is 13.9 Å². The van der Waals surface area contributed by atoms with Crippen molar-refractivity contribution in [2.45, 2.75) is 12.5 Å². The fourth-order valence-corrected chi connectivity index (χ4v) is 2.11. The first-order valence-electron chi connectivity index (χ1n) is 6.39. The van der Waals surface area contributed by atoms with E-state index in [1.807, 2.05) is 0 Å². The lowest BCUT2D eigenvalue weighted by Gasteiger charge is -2.14. The summed E-state index contributed by atoms with van der Waals surface area (Å²) in [6, 6.07) is 8.15. The summed E-state index contributed by atoms with van der Waals surface area (Å²) >= 11 is 0. The highest BCUT2D eigenvalue weighted by atomic mass is 19.1. The maximum Gasteiger partial charge on any atom is 0.160 e. The quantitative estimate of drug-likeness (QED) is 0.920. The van der Waals surface area contributed by atoms with Gasteiger partial charge in [0.05, 0.1) is 20.3 Å². The Balaban J connectivity index is 2.23. The lowest BCUT2D eigenvalue weighted by molar-refractivity contribution is 0.173. The molecule has 0 aliphatic heterocycles. The molecule has 0 bridgehead atoms. The van der Waals surface area contributed by atoms with Crippen LogP contribution in [0.5, 0.6) is 11.5 Å². The van der Waals surface area contributed by atoms with Crippen LogP contribution in [0.3, 0.4) is 0 Å². The number of rotatable bonds is 5. The second-order valence-corrected chi connectivity index (χ2v) is 4.58. The highest BCUT2D eigenvalue weighted by Crippen LogP contribution is 2.30. The molecule has 0 saturated heterocycles. The second-order valence-electron chi connectivity index (χ2n) is 4.58. The van der Waals surface area contributed by atoms with Gasteiger partial charge in [0.15, 0.2) is 11.5 Å². The van der Waals surface area contributed by atoms with Gasteiger partial charge in [-0.1, -0.05) is 6.07 Å². The first-order chi connectivity index (χ1) is 10.0. The van der Waals surface area contributed by atoms with Gasteiger partial charge in [-0.05, 0) is 35.9 Å². The zero-order valence-electron chi connectivity index (χ0n) is 11.8. The molecular weight excluding hydrogens is 278 g/mol. The topological polar surface area (TPSA) is 38.7 Å². The number of hydrogen-bond donors (Lipinski definition) is 1. The summed E-state index contributed by atoms with van der Waals surface area (Å²) in [6.07, 6.45) is -1.00. The standard InChI is InChI=1S/C16H16F2O3/c1-20-15-6-3-10(8-16(15)21-2)7-14(19)12-9-11(17)4-5-13(12)18/h3-6,8-9,14,19H,7H2,1-2H3. The fourth-order valence-electron chi connectivity index (χ4n) is 2.11. The number of halogens is 2. The molecule has 0 saturated carbocycles. The van der Waals surface area contributed by atoms with Gasteiger partial charge in [0.1, 0.15) is 11.6 Å². The van der Waals surface area contributed by atoms with Crippen LogP contribution in [0.25, 0.3) is 0 Å². The average Bonchev–Trinajstić information content (AvgIpc) is 2.49. The predicted molar refractivity (Wildman–Crippen MR) is 74.6 cm³/mol. The monoisotopic (exact) mass is 294 g/mol. The zero-order valence-corrected chi connectivity index (χ0v) is 11.8. The minimum absolute atomic E-state index is 0.0650. The van der Waals surface area contributed by atoms with Gasteiger partial charge in [-0.15, -0.1) is 0 Å². The molecule has 112 valence electrons. The van der Waals surface area contributed by atoms with Crippen molar-refractivity contribution in [2.75, 3.05) is 14.2 Å². The summed E-state index contributed by atoms with van der Waals surface area (Å²) in [5, 5.41) is 10.1. The third kappa shape index (κ3) is 3.49. The first-order valence-corrected chi connectivity index (χ1v) is 6.39. The highest BCUT2D eigenvalue weighted by Gasteiger charge is 2.15. The molecule has 0 aliphatic carbocycles. The maximum absolute atomic E-state index is 13.6. The Kier molecular flexibility index (Phi) is 4.75. The van der Waals surface area contributed by atoms with Crippen molar-refractivity contribution in [3.05, 3.63) is 59.2 Å². The normalized spacial score (nSPS) is 12.0. The number of aliphatic hydroxyl groups is 1. The van der Waals surface area contributed by atoms with Crippen LogP contribution in [0.2, 0.25) is 0 Å². The molecule has 1 N–H and O–H groups in total. The molecule has 2 rings (SSSR count). The summed E-state index contributed by atoms with van der Waals surface area (Å²) in [5.41, 5.74) is 0.661. The van der Waals surface area contributed by atoms with Crippen molar-refractivity contribution < 1.29 is 23.4 Å². The Morgan fingerprint density at radius 3 is 2.38 bits per heavy atom.